The van der Waals surface area contributed by atoms with Crippen LogP contribution in [0.4, 0.5) is 15.8 Å². The molecule has 94 valence electrons. The first-order valence-electron chi connectivity index (χ1n) is 4.97. The number of aromatic nitrogens is 1. The SMILES string of the molecule is Nc1ccc(S(=O)(=O)Nc2ccncc2)c(F)c1. The predicted molar refractivity (Wildman–Crippen MR) is 65.9 cm³/mol. The van der Waals surface area contributed by atoms with Crippen LogP contribution < -0.4 is 10.5 Å². The Morgan fingerprint density at radius 3 is 2.44 bits per heavy atom. The molecule has 0 fully saturated rings. The van der Waals surface area contributed by atoms with Gasteiger partial charge in [-0.1, -0.05) is 0 Å². The van der Waals surface area contributed by atoms with Gasteiger partial charge < -0.3 is 5.73 Å². The van der Waals surface area contributed by atoms with Crippen molar-refractivity contribution in [1.29, 1.82) is 0 Å². The van der Waals surface area contributed by atoms with E-state index in [1.807, 2.05) is 0 Å². The molecule has 18 heavy (non-hydrogen) atoms. The highest BCUT2D eigenvalue weighted by atomic mass is 32.2. The Balaban J connectivity index is 2.37. The second kappa shape index (κ2) is 4.61. The summed E-state index contributed by atoms with van der Waals surface area (Å²) >= 11 is 0. The Morgan fingerprint density at radius 1 is 1.17 bits per heavy atom. The number of halogens is 1. The van der Waals surface area contributed by atoms with Gasteiger partial charge in [-0.05, 0) is 30.3 Å². The Morgan fingerprint density at radius 2 is 1.83 bits per heavy atom. The molecule has 5 nitrogen and oxygen atoms in total. The van der Waals surface area contributed by atoms with Crippen molar-refractivity contribution in [2.24, 2.45) is 0 Å². The van der Waals surface area contributed by atoms with E-state index in [9.17, 15) is 12.8 Å². The molecule has 0 saturated carbocycles. The normalized spacial score (nSPS) is 11.2. The van der Waals surface area contributed by atoms with Gasteiger partial charge in [0.25, 0.3) is 10.0 Å². The fourth-order valence-electron chi connectivity index (χ4n) is 1.37. The highest BCUT2D eigenvalue weighted by Gasteiger charge is 2.19. The summed E-state index contributed by atoms with van der Waals surface area (Å²) in [6.07, 6.45) is 2.86. The van der Waals surface area contributed by atoms with Gasteiger partial charge in [0.1, 0.15) is 10.7 Å². The number of benzene rings is 1. The summed E-state index contributed by atoms with van der Waals surface area (Å²) in [5.74, 6) is -0.892. The fraction of sp³-hybridized carbons (Fsp3) is 0. The predicted octanol–water partition coefficient (Wildman–Crippen LogP) is 1.60. The maximum atomic E-state index is 13.5. The summed E-state index contributed by atoms with van der Waals surface area (Å²) in [4.78, 5) is 3.30. The van der Waals surface area contributed by atoms with Crippen molar-refractivity contribution in [3.8, 4) is 0 Å². The summed E-state index contributed by atoms with van der Waals surface area (Å²) < 4.78 is 39.6. The fourth-order valence-corrected chi connectivity index (χ4v) is 2.48. The number of nitrogen functional groups attached to an aromatic ring is 1. The standard InChI is InChI=1S/C11H10FN3O2S/c12-10-7-8(13)1-2-11(10)18(16,17)15-9-3-5-14-6-4-9/h1-7H,13H2,(H,14,15). The molecule has 0 unspecified atom stereocenters. The van der Waals surface area contributed by atoms with Crippen LogP contribution in [0.5, 0.6) is 0 Å². The van der Waals surface area contributed by atoms with Crippen molar-refractivity contribution in [2.45, 2.75) is 4.90 Å². The highest BCUT2D eigenvalue weighted by molar-refractivity contribution is 7.92. The lowest BCUT2D eigenvalue weighted by molar-refractivity contribution is 0.571. The molecule has 1 aromatic heterocycles. The van der Waals surface area contributed by atoms with E-state index in [-0.39, 0.29) is 5.69 Å². The number of nitrogens with one attached hydrogen (secondary N) is 1. The Kier molecular flexibility index (Phi) is 3.15. The van der Waals surface area contributed by atoms with Crippen LogP contribution >= 0.6 is 0 Å². The molecule has 0 radical (unpaired) electrons. The van der Waals surface area contributed by atoms with Crippen molar-refractivity contribution >= 4 is 21.4 Å². The first-order valence-corrected chi connectivity index (χ1v) is 6.45. The van der Waals surface area contributed by atoms with Gasteiger partial charge in [-0.2, -0.15) is 0 Å². The molecule has 3 N–H and O–H groups in total. The summed E-state index contributed by atoms with van der Waals surface area (Å²) in [6, 6.07) is 6.33. The number of hydrogen-bond acceptors (Lipinski definition) is 4. The first kappa shape index (κ1) is 12.3. The van der Waals surface area contributed by atoms with Crippen LogP contribution in [-0.2, 0) is 10.0 Å². The molecule has 1 aromatic carbocycles. The van der Waals surface area contributed by atoms with Crippen LogP contribution in [0.3, 0.4) is 0 Å². The third-order valence-corrected chi connectivity index (χ3v) is 3.59. The van der Waals surface area contributed by atoms with Gasteiger partial charge in [0.15, 0.2) is 0 Å². The lowest BCUT2D eigenvalue weighted by Gasteiger charge is -2.08. The van der Waals surface area contributed by atoms with E-state index in [2.05, 4.69) is 9.71 Å². The Bertz CT molecular complexity index is 659. The lowest BCUT2D eigenvalue weighted by atomic mass is 10.3. The number of pyridine rings is 1. The van der Waals surface area contributed by atoms with Crippen LogP contribution in [0.2, 0.25) is 0 Å². The zero-order valence-electron chi connectivity index (χ0n) is 9.17. The second-order valence-electron chi connectivity index (χ2n) is 3.53. The molecule has 0 bridgehead atoms. The van der Waals surface area contributed by atoms with Crippen LogP contribution in [0.1, 0.15) is 0 Å². The van der Waals surface area contributed by atoms with Gasteiger partial charge in [0.05, 0.1) is 5.69 Å². The van der Waals surface area contributed by atoms with Gasteiger partial charge >= 0.3 is 0 Å². The van der Waals surface area contributed by atoms with Gasteiger partial charge in [-0.15, -0.1) is 0 Å². The van der Waals surface area contributed by atoms with Gasteiger partial charge in [-0.25, -0.2) is 12.8 Å². The molecule has 7 heteroatoms. The minimum Gasteiger partial charge on any atom is -0.399 e. The van der Waals surface area contributed by atoms with E-state index in [0.29, 0.717) is 5.69 Å². The summed E-state index contributed by atoms with van der Waals surface area (Å²) in [5, 5.41) is 0. The monoisotopic (exact) mass is 267 g/mol. The van der Waals surface area contributed by atoms with Crippen LogP contribution in [0.15, 0.2) is 47.6 Å². The van der Waals surface area contributed by atoms with E-state index >= 15 is 0 Å². The van der Waals surface area contributed by atoms with Crippen LogP contribution in [-0.4, -0.2) is 13.4 Å². The highest BCUT2D eigenvalue weighted by Crippen LogP contribution is 2.20. The Labute approximate surface area is 104 Å². The van der Waals surface area contributed by atoms with Gasteiger partial charge in [0.2, 0.25) is 0 Å². The molecule has 0 aliphatic rings. The minimum atomic E-state index is -3.97. The molecule has 0 spiro atoms. The molecular weight excluding hydrogens is 257 g/mol. The van der Waals surface area contributed by atoms with Gasteiger partial charge in [-0.3, -0.25) is 9.71 Å². The topological polar surface area (TPSA) is 85.1 Å². The number of rotatable bonds is 3. The third kappa shape index (κ3) is 2.57. The minimum absolute atomic E-state index is 0.162. The first-order chi connectivity index (χ1) is 8.49. The molecule has 2 aromatic rings. The number of nitrogens with two attached hydrogens (primary N) is 1. The quantitative estimate of drug-likeness (QED) is 0.827. The van der Waals surface area contributed by atoms with Crippen molar-refractivity contribution in [2.75, 3.05) is 10.5 Å². The maximum Gasteiger partial charge on any atom is 0.264 e. The average Bonchev–Trinajstić information content (AvgIpc) is 2.29. The molecule has 1 heterocycles. The van der Waals surface area contributed by atoms with E-state index in [0.717, 1.165) is 12.1 Å². The molecule has 0 aliphatic carbocycles. The molecule has 0 atom stereocenters. The zero-order valence-corrected chi connectivity index (χ0v) is 9.99. The summed E-state index contributed by atoms with van der Waals surface area (Å²) in [7, 11) is -3.97. The third-order valence-electron chi connectivity index (χ3n) is 2.18. The van der Waals surface area contributed by atoms with Crippen LogP contribution in [0.25, 0.3) is 0 Å². The summed E-state index contributed by atoms with van der Waals surface area (Å²) in [5.41, 5.74) is 5.83. The average molecular weight is 267 g/mol. The van der Waals surface area contributed by atoms with Crippen LogP contribution in [0, 0.1) is 5.82 Å². The van der Waals surface area contributed by atoms with Crippen molar-refractivity contribution in [1.82, 2.24) is 4.98 Å². The second-order valence-corrected chi connectivity index (χ2v) is 5.18. The van der Waals surface area contributed by atoms with Gasteiger partial charge in [0, 0.05) is 18.1 Å². The smallest absolute Gasteiger partial charge is 0.264 e. The largest absolute Gasteiger partial charge is 0.399 e. The lowest BCUT2D eigenvalue weighted by Crippen LogP contribution is -2.14. The molecule has 0 aliphatic heterocycles. The molecular formula is C11H10FN3O2S. The Hall–Kier alpha value is -2.15. The van der Waals surface area contributed by atoms with Crippen molar-refractivity contribution in [3.05, 3.63) is 48.5 Å². The number of hydrogen-bond donors (Lipinski definition) is 2. The molecule has 2 rings (SSSR count). The number of nitrogens with zero attached hydrogens (tertiary/aromatic N) is 1. The van der Waals surface area contributed by atoms with Crippen molar-refractivity contribution in [3.63, 3.8) is 0 Å². The van der Waals surface area contributed by atoms with E-state index in [4.69, 9.17) is 5.73 Å². The molecule has 0 saturated heterocycles. The van der Waals surface area contributed by atoms with E-state index in [1.165, 1.54) is 30.6 Å². The maximum absolute atomic E-state index is 13.5. The zero-order chi connectivity index (χ0) is 13.2. The van der Waals surface area contributed by atoms with E-state index < -0.39 is 20.7 Å². The molecule has 0 amide bonds. The van der Waals surface area contributed by atoms with Crippen molar-refractivity contribution < 1.29 is 12.8 Å². The number of sulfonamides is 1. The number of anilines is 2. The van der Waals surface area contributed by atoms with E-state index in [1.54, 1.807) is 0 Å². The summed E-state index contributed by atoms with van der Waals surface area (Å²) in [6.45, 7) is 0.